The Morgan fingerprint density at radius 3 is 2.18 bits per heavy atom. The van der Waals surface area contributed by atoms with Crippen molar-refractivity contribution in [1.29, 1.82) is 0 Å². The van der Waals surface area contributed by atoms with Crippen LogP contribution in [-0.4, -0.2) is 35.0 Å². The first-order chi connectivity index (χ1) is 20.7. The summed E-state index contributed by atoms with van der Waals surface area (Å²) >= 11 is 5.61. The Balaban J connectivity index is 1.42. The Bertz CT molecular complexity index is 1440. The van der Waals surface area contributed by atoms with Crippen LogP contribution in [0, 0.1) is 0 Å². The summed E-state index contributed by atoms with van der Waals surface area (Å²) < 4.78 is 50.2. The van der Waals surface area contributed by atoms with Crippen LogP contribution in [0.15, 0.2) is 60.8 Å². The van der Waals surface area contributed by atoms with Gasteiger partial charge in [0.2, 0.25) is 0 Å². The normalized spacial score (nSPS) is 11.4. The molecule has 1 heterocycles. The highest BCUT2D eigenvalue weighted by atomic mass is 35.5. The number of alkyl carbamates (subject to hydrolysis) is 1. The molecule has 0 aliphatic heterocycles. The summed E-state index contributed by atoms with van der Waals surface area (Å²) in [6, 6.07) is 11.7. The number of benzene rings is 2. The second-order valence-electron chi connectivity index (χ2n) is 10.8. The molecule has 0 aliphatic rings. The zero-order chi connectivity index (χ0) is 32.3. The predicted molar refractivity (Wildman–Crippen MR) is 162 cm³/mol. The summed E-state index contributed by atoms with van der Waals surface area (Å²) in [6.07, 6.45) is -0.163. The fraction of sp³-hybridized carbons (Fsp3) is 0.355. The molecule has 0 atom stereocenters. The highest BCUT2D eigenvalue weighted by Gasteiger charge is 2.33. The minimum Gasteiger partial charge on any atom is -0.457 e. The van der Waals surface area contributed by atoms with Crippen molar-refractivity contribution in [2.75, 3.05) is 17.2 Å². The van der Waals surface area contributed by atoms with Crippen molar-refractivity contribution in [2.24, 2.45) is 0 Å². The smallest absolute Gasteiger partial charge is 0.417 e. The number of Topliss-reactive ketones (excluding diaryl/α,β-unsaturated/α-hetero) is 1. The van der Waals surface area contributed by atoms with Gasteiger partial charge in [-0.3, -0.25) is 9.78 Å². The lowest BCUT2D eigenvalue weighted by atomic mass is 10.1. The third kappa shape index (κ3) is 11.8. The first kappa shape index (κ1) is 34.2. The van der Waals surface area contributed by atoms with Crippen LogP contribution >= 0.6 is 11.6 Å². The number of pyridine rings is 1. The van der Waals surface area contributed by atoms with Crippen molar-refractivity contribution in [1.82, 2.24) is 10.3 Å². The van der Waals surface area contributed by atoms with E-state index in [0.29, 0.717) is 36.6 Å². The van der Waals surface area contributed by atoms with Gasteiger partial charge in [0.05, 0.1) is 10.6 Å². The van der Waals surface area contributed by atoms with Crippen molar-refractivity contribution < 1.29 is 37.0 Å². The number of ketones is 1. The average Bonchev–Trinajstić information content (AvgIpc) is 2.93. The number of hydrogen-bond donors (Lipinski definition) is 3. The van der Waals surface area contributed by atoms with Crippen LogP contribution in [0.25, 0.3) is 0 Å². The van der Waals surface area contributed by atoms with Crippen LogP contribution in [-0.2, 0) is 10.9 Å². The quantitative estimate of drug-likeness (QED) is 0.135. The molecular formula is C31H34ClF3N4O5. The number of nitrogens with one attached hydrogen (secondary N) is 3. The minimum absolute atomic E-state index is 0.0742. The van der Waals surface area contributed by atoms with E-state index in [4.69, 9.17) is 21.1 Å². The number of aromatic nitrogens is 1. The molecule has 3 amide bonds. The van der Waals surface area contributed by atoms with Crippen LogP contribution in [0.5, 0.6) is 11.5 Å². The number of halogens is 4. The molecule has 9 nitrogen and oxygen atoms in total. The lowest BCUT2D eigenvalue weighted by molar-refractivity contribution is -0.137. The second kappa shape index (κ2) is 15.4. The second-order valence-corrected chi connectivity index (χ2v) is 11.2. The van der Waals surface area contributed by atoms with E-state index in [1.54, 1.807) is 57.2 Å². The Labute approximate surface area is 258 Å². The van der Waals surface area contributed by atoms with Gasteiger partial charge in [0.15, 0.2) is 5.78 Å². The van der Waals surface area contributed by atoms with Gasteiger partial charge in [-0.15, -0.1) is 0 Å². The monoisotopic (exact) mass is 634 g/mol. The van der Waals surface area contributed by atoms with Gasteiger partial charge in [0.25, 0.3) is 0 Å². The molecule has 0 bridgehead atoms. The molecule has 0 unspecified atom stereocenters. The molecule has 44 heavy (non-hydrogen) atoms. The molecule has 3 aromatic rings. The van der Waals surface area contributed by atoms with Gasteiger partial charge in [0.1, 0.15) is 22.8 Å². The zero-order valence-corrected chi connectivity index (χ0v) is 25.3. The number of amides is 3. The molecule has 3 rings (SSSR count). The van der Waals surface area contributed by atoms with Crippen LogP contribution in [0.4, 0.5) is 34.1 Å². The summed E-state index contributed by atoms with van der Waals surface area (Å²) in [7, 11) is 0. The largest absolute Gasteiger partial charge is 0.457 e. The Morgan fingerprint density at radius 1 is 0.841 bits per heavy atom. The number of carbonyl (C=O) groups excluding carboxylic acids is 3. The summed E-state index contributed by atoms with van der Waals surface area (Å²) in [6.45, 7) is 5.91. The van der Waals surface area contributed by atoms with Gasteiger partial charge in [-0.25, -0.2) is 9.59 Å². The highest BCUT2D eigenvalue weighted by molar-refractivity contribution is 6.31. The van der Waals surface area contributed by atoms with Gasteiger partial charge in [-0.1, -0.05) is 24.4 Å². The van der Waals surface area contributed by atoms with E-state index in [0.717, 1.165) is 31.4 Å². The van der Waals surface area contributed by atoms with Crippen molar-refractivity contribution in [3.63, 3.8) is 0 Å². The SMILES string of the molecule is CC(C)(C)OC(=O)NCCCCCCC(=O)c1cc(Oc2ccc(NC(=O)Nc3ccc(Cl)c(C(F)(F)F)c3)cc2)ccn1. The molecule has 236 valence electrons. The molecule has 0 spiro atoms. The molecule has 1 aromatic heterocycles. The van der Waals surface area contributed by atoms with Gasteiger partial charge in [-0.05, 0) is 82.1 Å². The van der Waals surface area contributed by atoms with E-state index in [9.17, 15) is 27.6 Å². The number of urea groups is 1. The van der Waals surface area contributed by atoms with Gasteiger partial charge < -0.3 is 25.4 Å². The highest BCUT2D eigenvalue weighted by Crippen LogP contribution is 2.36. The number of ether oxygens (including phenoxy) is 2. The number of unbranched alkanes of at least 4 members (excludes halogenated alkanes) is 3. The number of rotatable bonds is 12. The minimum atomic E-state index is -4.66. The van der Waals surface area contributed by atoms with E-state index in [-0.39, 0.29) is 17.2 Å². The summed E-state index contributed by atoms with van der Waals surface area (Å²) in [4.78, 5) is 40.7. The predicted octanol–water partition coefficient (Wildman–Crippen LogP) is 8.85. The zero-order valence-electron chi connectivity index (χ0n) is 24.5. The third-order valence-electron chi connectivity index (χ3n) is 5.89. The van der Waals surface area contributed by atoms with Crippen molar-refractivity contribution in [2.45, 2.75) is 64.7 Å². The van der Waals surface area contributed by atoms with E-state index in [2.05, 4.69) is 20.9 Å². The average molecular weight is 635 g/mol. The number of carbonyl (C=O) groups is 3. The fourth-order valence-corrected chi connectivity index (χ4v) is 4.10. The standard InChI is InChI=1S/C31H34ClF3N4O5/c1-30(2,3)44-29(42)37-16-7-5-4-6-8-27(40)26-19-23(15-17-36-26)43-22-12-9-20(10-13-22)38-28(41)39-21-11-14-25(32)24(18-21)31(33,34)35/h9-15,17-19H,4-8,16H2,1-3H3,(H,37,42)(H2,38,39,41). The Kier molecular flexibility index (Phi) is 12.0. The van der Waals surface area contributed by atoms with Crippen molar-refractivity contribution >= 4 is 40.9 Å². The first-order valence-corrected chi connectivity index (χ1v) is 14.3. The maximum atomic E-state index is 13.1. The number of alkyl halides is 3. The van der Waals surface area contributed by atoms with Gasteiger partial charge >= 0.3 is 18.3 Å². The summed E-state index contributed by atoms with van der Waals surface area (Å²) in [5.41, 5.74) is -1.02. The molecule has 13 heteroatoms. The third-order valence-corrected chi connectivity index (χ3v) is 6.22. The molecule has 3 N–H and O–H groups in total. The van der Waals surface area contributed by atoms with E-state index in [1.165, 1.54) is 12.3 Å². The van der Waals surface area contributed by atoms with E-state index < -0.39 is 34.5 Å². The molecule has 0 aliphatic carbocycles. The van der Waals surface area contributed by atoms with Gasteiger partial charge in [0, 0.05) is 36.6 Å². The van der Waals surface area contributed by atoms with Crippen molar-refractivity contribution in [3.05, 3.63) is 77.1 Å². The molecule has 2 aromatic carbocycles. The lowest BCUT2D eigenvalue weighted by Gasteiger charge is -2.19. The maximum absolute atomic E-state index is 13.1. The number of anilines is 2. The van der Waals surface area contributed by atoms with Crippen molar-refractivity contribution in [3.8, 4) is 11.5 Å². The topological polar surface area (TPSA) is 119 Å². The summed E-state index contributed by atoms with van der Waals surface area (Å²) in [5.74, 6) is 0.710. The Morgan fingerprint density at radius 2 is 1.50 bits per heavy atom. The summed E-state index contributed by atoms with van der Waals surface area (Å²) in [5, 5.41) is 7.11. The van der Waals surface area contributed by atoms with Crippen LogP contribution < -0.4 is 20.7 Å². The van der Waals surface area contributed by atoms with Gasteiger partial charge in [-0.2, -0.15) is 13.2 Å². The molecular weight excluding hydrogens is 601 g/mol. The first-order valence-electron chi connectivity index (χ1n) is 13.9. The lowest BCUT2D eigenvalue weighted by Crippen LogP contribution is -2.32. The van der Waals surface area contributed by atoms with E-state index >= 15 is 0 Å². The molecule has 0 saturated heterocycles. The molecule has 0 saturated carbocycles. The molecule has 0 fully saturated rings. The van der Waals surface area contributed by atoms with E-state index in [1.807, 2.05) is 0 Å². The van der Waals surface area contributed by atoms with Crippen LogP contribution in [0.1, 0.15) is 68.9 Å². The number of nitrogens with zero attached hydrogens (tertiary/aromatic N) is 1. The fourth-order valence-electron chi connectivity index (χ4n) is 3.88. The number of hydrogen-bond acceptors (Lipinski definition) is 6. The maximum Gasteiger partial charge on any atom is 0.417 e. The van der Waals surface area contributed by atoms with Crippen LogP contribution in [0.3, 0.4) is 0 Å². The molecule has 0 radical (unpaired) electrons. The van der Waals surface area contributed by atoms with Crippen LogP contribution in [0.2, 0.25) is 5.02 Å². The Hall–Kier alpha value is -4.32.